The molecule has 8 nitrogen and oxygen atoms in total. The molecular weight excluding hydrogens is 320 g/mol. The van der Waals surface area contributed by atoms with Crippen LogP contribution in [0.4, 0.5) is 0 Å². The van der Waals surface area contributed by atoms with Crippen molar-refractivity contribution < 1.29 is 39.7 Å². The summed E-state index contributed by atoms with van der Waals surface area (Å²) in [5, 5.41) is 47.5. The monoisotopic (exact) mass is 342 g/mol. The summed E-state index contributed by atoms with van der Waals surface area (Å²) in [5.41, 5.74) is 0.766. The minimum Gasteiger partial charge on any atom is -0.493 e. The van der Waals surface area contributed by atoms with Crippen molar-refractivity contribution in [1.82, 2.24) is 0 Å². The molecule has 0 amide bonds. The van der Waals surface area contributed by atoms with E-state index in [-0.39, 0.29) is 12.4 Å². The summed E-state index contributed by atoms with van der Waals surface area (Å²) < 4.78 is 16.1. The maximum atomic E-state index is 10.00. The van der Waals surface area contributed by atoms with Crippen LogP contribution < -0.4 is 9.47 Å². The molecule has 1 aliphatic rings. The smallest absolute Gasteiger partial charge is 0.229 e. The summed E-state index contributed by atoms with van der Waals surface area (Å²) in [7, 11) is 1.44. The molecule has 5 N–H and O–H groups in total. The van der Waals surface area contributed by atoms with Gasteiger partial charge in [-0.3, -0.25) is 0 Å². The summed E-state index contributed by atoms with van der Waals surface area (Å²) in [6, 6.07) is 4.94. The molecule has 2 rings (SSSR count). The number of aliphatic hydroxyl groups is 5. The highest BCUT2D eigenvalue weighted by Gasteiger charge is 2.44. The van der Waals surface area contributed by atoms with Gasteiger partial charge in [0.15, 0.2) is 11.5 Å². The van der Waals surface area contributed by atoms with Crippen LogP contribution in [0.5, 0.6) is 11.5 Å². The molecule has 1 aromatic rings. The van der Waals surface area contributed by atoms with Crippen molar-refractivity contribution in [2.75, 3.05) is 20.3 Å². The van der Waals surface area contributed by atoms with E-state index in [1.165, 1.54) is 7.11 Å². The lowest BCUT2D eigenvalue weighted by molar-refractivity contribution is -0.277. The zero-order valence-electron chi connectivity index (χ0n) is 13.1. The summed E-state index contributed by atoms with van der Waals surface area (Å²) in [5.74, 6) is 0.607. The van der Waals surface area contributed by atoms with Gasteiger partial charge in [0.2, 0.25) is 6.29 Å². The SMILES string of the molecule is COc1cc(/C=C/CO)ccc1O[C@@H]1OC(CO)C(O)C(O)C1O. The predicted molar refractivity (Wildman–Crippen MR) is 83.5 cm³/mol. The van der Waals surface area contributed by atoms with E-state index in [1.54, 1.807) is 30.4 Å². The van der Waals surface area contributed by atoms with Crippen LogP contribution in [0.3, 0.4) is 0 Å². The third-order valence-electron chi connectivity index (χ3n) is 3.69. The number of rotatable bonds is 6. The Morgan fingerprint density at radius 3 is 2.46 bits per heavy atom. The highest BCUT2D eigenvalue weighted by molar-refractivity contribution is 5.55. The van der Waals surface area contributed by atoms with Crippen molar-refractivity contribution in [3.8, 4) is 11.5 Å². The van der Waals surface area contributed by atoms with Crippen molar-refractivity contribution in [2.24, 2.45) is 0 Å². The lowest BCUT2D eigenvalue weighted by atomic mass is 9.99. The maximum absolute atomic E-state index is 10.00. The van der Waals surface area contributed by atoms with Crippen molar-refractivity contribution in [2.45, 2.75) is 30.7 Å². The quantitative estimate of drug-likeness (QED) is 0.440. The topological polar surface area (TPSA) is 129 Å². The van der Waals surface area contributed by atoms with Crippen LogP contribution >= 0.6 is 0 Å². The van der Waals surface area contributed by atoms with Crippen molar-refractivity contribution in [3.05, 3.63) is 29.8 Å². The Labute approximate surface area is 139 Å². The molecule has 0 radical (unpaired) electrons. The number of methoxy groups -OCH3 is 1. The van der Waals surface area contributed by atoms with Crippen LogP contribution in [-0.4, -0.2) is 76.6 Å². The Morgan fingerprint density at radius 1 is 1.08 bits per heavy atom. The number of hydrogen-bond acceptors (Lipinski definition) is 8. The van der Waals surface area contributed by atoms with E-state index < -0.39 is 37.3 Å². The maximum Gasteiger partial charge on any atom is 0.229 e. The zero-order chi connectivity index (χ0) is 17.7. The summed E-state index contributed by atoms with van der Waals surface area (Å²) in [4.78, 5) is 0. The van der Waals surface area contributed by atoms with Crippen LogP contribution in [-0.2, 0) is 4.74 Å². The molecule has 4 unspecified atom stereocenters. The van der Waals surface area contributed by atoms with Crippen LogP contribution in [0.2, 0.25) is 0 Å². The van der Waals surface area contributed by atoms with Gasteiger partial charge in [-0.1, -0.05) is 18.2 Å². The molecule has 134 valence electrons. The average Bonchev–Trinajstić information content (AvgIpc) is 2.61. The Kier molecular flexibility index (Phi) is 6.55. The molecule has 0 saturated carbocycles. The highest BCUT2D eigenvalue weighted by atomic mass is 16.7. The first kappa shape index (κ1) is 18.7. The van der Waals surface area contributed by atoms with E-state index in [1.807, 2.05) is 0 Å². The first-order valence-electron chi connectivity index (χ1n) is 7.44. The predicted octanol–water partition coefficient (Wildman–Crippen LogP) is -1.12. The number of hydrogen-bond donors (Lipinski definition) is 5. The van der Waals surface area contributed by atoms with Crippen LogP contribution in [0.25, 0.3) is 6.08 Å². The van der Waals surface area contributed by atoms with Gasteiger partial charge in [0.05, 0.1) is 20.3 Å². The second-order valence-electron chi connectivity index (χ2n) is 5.31. The van der Waals surface area contributed by atoms with Gasteiger partial charge in [0, 0.05) is 0 Å². The first-order chi connectivity index (χ1) is 11.5. The molecular formula is C16H22O8. The Hall–Kier alpha value is -1.68. The van der Waals surface area contributed by atoms with Crippen molar-refractivity contribution in [3.63, 3.8) is 0 Å². The fourth-order valence-electron chi connectivity index (χ4n) is 2.36. The molecule has 0 spiro atoms. The molecule has 8 heteroatoms. The van der Waals surface area contributed by atoms with Gasteiger partial charge >= 0.3 is 0 Å². The Morgan fingerprint density at radius 2 is 1.83 bits per heavy atom. The first-order valence-corrected chi connectivity index (χ1v) is 7.44. The van der Waals surface area contributed by atoms with Gasteiger partial charge in [0.25, 0.3) is 0 Å². The molecule has 5 atom stereocenters. The van der Waals surface area contributed by atoms with Gasteiger partial charge in [-0.05, 0) is 17.7 Å². The third kappa shape index (κ3) is 4.04. The van der Waals surface area contributed by atoms with Crippen molar-refractivity contribution in [1.29, 1.82) is 0 Å². The summed E-state index contributed by atoms with van der Waals surface area (Å²) in [6.07, 6.45) is -3.54. The van der Waals surface area contributed by atoms with Gasteiger partial charge in [-0.25, -0.2) is 0 Å². The fourth-order valence-corrected chi connectivity index (χ4v) is 2.36. The Bertz CT molecular complexity index is 559. The van der Waals surface area contributed by atoms with Gasteiger partial charge < -0.3 is 39.7 Å². The fraction of sp³-hybridized carbons (Fsp3) is 0.500. The van der Waals surface area contributed by atoms with Crippen molar-refractivity contribution >= 4 is 6.08 Å². The average molecular weight is 342 g/mol. The van der Waals surface area contributed by atoms with E-state index in [2.05, 4.69) is 0 Å². The second kappa shape index (κ2) is 8.43. The molecule has 0 aliphatic carbocycles. The molecule has 24 heavy (non-hydrogen) atoms. The molecule has 1 saturated heterocycles. The molecule has 1 aliphatic heterocycles. The van der Waals surface area contributed by atoms with E-state index in [0.717, 1.165) is 5.56 Å². The van der Waals surface area contributed by atoms with Crippen LogP contribution in [0.15, 0.2) is 24.3 Å². The standard InChI is InChI=1S/C16H22O8/c1-22-11-7-9(3-2-6-17)4-5-10(11)23-16-15(21)14(20)13(19)12(8-18)24-16/h2-5,7,12-21H,6,8H2,1H3/b3-2+/t12?,13?,14?,15?,16-/m1/s1. The number of aliphatic hydroxyl groups excluding tert-OH is 5. The second-order valence-corrected chi connectivity index (χ2v) is 5.31. The largest absolute Gasteiger partial charge is 0.493 e. The van der Waals surface area contributed by atoms with E-state index in [0.29, 0.717) is 5.75 Å². The van der Waals surface area contributed by atoms with Crippen LogP contribution in [0.1, 0.15) is 5.56 Å². The zero-order valence-corrected chi connectivity index (χ0v) is 13.1. The van der Waals surface area contributed by atoms with E-state index in [4.69, 9.17) is 19.3 Å². The normalized spacial score (nSPS) is 30.5. The lowest BCUT2D eigenvalue weighted by Gasteiger charge is -2.39. The minimum atomic E-state index is -1.52. The molecule has 1 aromatic carbocycles. The Balaban J connectivity index is 2.18. The summed E-state index contributed by atoms with van der Waals surface area (Å²) >= 11 is 0. The summed E-state index contributed by atoms with van der Waals surface area (Å²) in [6.45, 7) is -0.627. The molecule has 1 fully saturated rings. The third-order valence-corrected chi connectivity index (χ3v) is 3.69. The molecule has 0 aromatic heterocycles. The van der Waals surface area contributed by atoms with E-state index >= 15 is 0 Å². The molecule has 0 bridgehead atoms. The molecule has 1 heterocycles. The van der Waals surface area contributed by atoms with Gasteiger partial charge in [0.1, 0.15) is 24.4 Å². The van der Waals surface area contributed by atoms with Crippen LogP contribution in [0, 0.1) is 0 Å². The van der Waals surface area contributed by atoms with Gasteiger partial charge in [-0.15, -0.1) is 0 Å². The number of benzene rings is 1. The van der Waals surface area contributed by atoms with Gasteiger partial charge in [-0.2, -0.15) is 0 Å². The minimum absolute atomic E-state index is 0.0918. The lowest BCUT2D eigenvalue weighted by Crippen LogP contribution is -2.60. The van der Waals surface area contributed by atoms with E-state index in [9.17, 15) is 20.4 Å². The number of ether oxygens (including phenoxy) is 3. The highest BCUT2D eigenvalue weighted by Crippen LogP contribution is 2.32.